The molecule has 0 aromatic heterocycles. The summed E-state index contributed by atoms with van der Waals surface area (Å²) in [5, 5.41) is 0. The number of carbonyl (C=O) groups excluding carboxylic acids is 1. The predicted molar refractivity (Wildman–Crippen MR) is 63.8 cm³/mol. The molecule has 0 amide bonds. The SMILES string of the molecule is CCOC(=O)CCC/C(CC)=C(/C)CC. The molecule has 0 aliphatic rings. The Morgan fingerprint density at radius 3 is 2.20 bits per heavy atom. The molecule has 0 fully saturated rings. The molecule has 2 heteroatoms. The molecular formula is C13H24O2. The van der Waals surface area contributed by atoms with Crippen LogP contribution < -0.4 is 0 Å². The summed E-state index contributed by atoms with van der Waals surface area (Å²) < 4.78 is 4.89. The van der Waals surface area contributed by atoms with E-state index in [1.807, 2.05) is 6.92 Å². The van der Waals surface area contributed by atoms with Crippen LogP contribution in [0, 0.1) is 0 Å². The van der Waals surface area contributed by atoms with E-state index in [2.05, 4.69) is 20.8 Å². The zero-order valence-electron chi connectivity index (χ0n) is 10.6. The van der Waals surface area contributed by atoms with Gasteiger partial charge in [0.1, 0.15) is 0 Å². The average molecular weight is 212 g/mol. The third-order valence-corrected chi connectivity index (χ3v) is 2.73. The Morgan fingerprint density at radius 1 is 1.07 bits per heavy atom. The van der Waals surface area contributed by atoms with E-state index in [-0.39, 0.29) is 5.97 Å². The summed E-state index contributed by atoms with van der Waals surface area (Å²) in [6.07, 6.45) is 4.72. The van der Waals surface area contributed by atoms with Crippen LogP contribution in [0.2, 0.25) is 0 Å². The molecule has 0 saturated carbocycles. The molecule has 0 heterocycles. The molecular weight excluding hydrogens is 188 g/mol. The Balaban J connectivity index is 3.88. The molecule has 2 nitrogen and oxygen atoms in total. The highest BCUT2D eigenvalue weighted by atomic mass is 16.5. The van der Waals surface area contributed by atoms with Crippen molar-refractivity contribution in [2.45, 2.75) is 59.8 Å². The fourth-order valence-electron chi connectivity index (χ4n) is 1.62. The normalized spacial score (nSPS) is 12.3. The molecule has 0 N–H and O–H groups in total. The fraction of sp³-hybridized carbons (Fsp3) is 0.769. The van der Waals surface area contributed by atoms with E-state index in [9.17, 15) is 4.79 Å². The topological polar surface area (TPSA) is 26.3 Å². The Labute approximate surface area is 93.7 Å². The van der Waals surface area contributed by atoms with Crippen LogP contribution in [0.1, 0.15) is 59.8 Å². The largest absolute Gasteiger partial charge is 0.466 e. The van der Waals surface area contributed by atoms with Crippen LogP contribution in [0.25, 0.3) is 0 Å². The Morgan fingerprint density at radius 2 is 1.73 bits per heavy atom. The molecule has 0 rings (SSSR count). The predicted octanol–water partition coefficient (Wildman–Crippen LogP) is 3.86. The summed E-state index contributed by atoms with van der Waals surface area (Å²) in [4.78, 5) is 11.1. The first-order valence-corrected chi connectivity index (χ1v) is 5.98. The van der Waals surface area contributed by atoms with Gasteiger partial charge in [-0.1, -0.05) is 25.0 Å². The third kappa shape index (κ3) is 6.32. The van der Waals surface area contributed by atoms with Crippen LogP contribution in [-0.2, 0) is 9.53 Å². The first kappa shape index (κ1) is 14.2. The van der Waals surface area contributed by atoms with Gasteiger partial charge < -0.3 is 4.74 Å². The molecule has 0 atom stereocenters. The lowest BCUT2D eigenvalue weighted by Crippen LogP contribution is -2.03. The smallest absolute Gasteiger partial charge is 0.305 e. The van der Waals surface area contributed by atoms with Gasteiger partial charge in [-0.2, -0.15) is 0 Å². The van der Waals surface area contributed by atoms with Crippen LogP contribution in [0.5, 0.6) is 0 Å². The lowest BCUT2D eigenvalue weighted by molar-refractivity contribution is -0.143. The van der Waals surface area contributed by atoms with Gasteiger partial charge in [-0.05, 0) is 39.5 Å². The summed E-state index contributed by atoms with van der Waals surface area (Å²) in [5.41, 5.74) is 2.98. The second-order valence-electron chi connectivity index (χ2n) is 3.75. The standard InChI is InChI=1S/C13H24O2/c1-5-11(4)12(6-2)9-8-10-13(14)15-7-3/h5-10H2,1-4H3/b12-11-. The van der Waals surface area contributed by atoms with Crippen molar-refractivity contribution < 1.29 is 9.53 Å². The molecule has 0 saturated heterocycles. The van der Waals surface area contributed by atoms with Crippen molar-refractivity contribution in [2.75, 3.05) is 6.61 Å². The van der Waals surface area contributed by atoms with E-state index in [4.69, 9.17) is 4.74 Å². The van der Waals surface area contributed by atoms with Crippen LogP contribution in [0.4, 0.5) is 0 Å². The Bertz CT molecular complexity index is 217. The summed E-state index contributed by atoms with van der Waals surface area (Å²) in [6.45, 7) is 8.87. The summed E-state index contributed by atoms with van der Waals surface area (Å²) in [6, 6.07) is 0. The fourth-order valence-corrected chi connectivity index (χ4v) is 1.62. The van der Waals surface area contributed by atoms with E-state index < -0.39 is 0 Å². The van der Waals surface area contributed by atoms with Gasteiger partial charge in [0.15, 0.2) is 0 Å². The van der Waals surface area contributed by atoms with E-state index in [0.29, 0.717) is 13.0 Å². The molecule has 15 heavy (non-hydrogen) atoms. The molecule has 0 aliphatic heterocycles. The molecule has 0 bridgehead atoms. The monoisotopic (exact) mass is 212 g/mol. The van der Waals surface area contributed by atoms with Gasteiger partial charge in [-0.3, -0.25) is 4.79 Å². The van der Waals surface area contributed by atoms with E-state index in [1.165, 1.54) is 11.1 Å². The number of ether oxygens (including phenoxy) is 1. The molecule has 88 valence electrons. The van der Waals surface area contributed by atoms with Gasteiger partial charge in [0.25, 0.3) is 0 Å². The third-order valence-electron chi connectivity index (χ3n) is 2.73. The Hall–Kier alpha value is -0.790. The summed E-state index contributed by atoms with van der Waals surface area (Å²) >= 11 is 0. The first-order valence-electron chi connectivity index (χ1n) is 5.98. The van der Waals surface area contributed by atoms with Crippen molar-refractivity contribution >= 4 is 5.97 Å². The highest BCUT2D eigenvalue weighted by Gasteiger charge is 2.04. The molecule has 0 aromatic carbocycles. The minimum Gasteiger partial charge on any atom is -0.466 e. The highest BCUT2D eigenvalue weighted by Crippen LogP contribution is 2.18. The maximum atomic E-state index is 11.1. The van der Waals surface area contributed by atoms with Crippen molar-refractivity contribution in [3.8, 4) is 0 Å². The van der Waals surface area contributed by atoms with Gasteiger partial charge in [0, 0.05) is 6.42 Å². The van der Waals surface area contributed by atoms with Gasteiger partial charge in [0.05, 0.1) is 6.61 Å². The number of hydrogen-bond donors (Lipinski definition) is 0. The van der Waals surface area contributed by atoms with Crippen molar-refractivity contribution in [3.63, 3.8) is 0 Å². The number of carbonyl (C=O) groups is 1. The maximum absolute atomic E-state index is 11.1. The molecule has 0 aliphatic carbocycles. The number of esters is 1. The molecule has 0 radical (unpaired) electrons. The van der Waals surface area contributed by atoms with E-state index >= 15 is 0 Å². The maximum Gasteiger partial charge on any atom is 0.305 e. The lowest BCUT2D eigenvalue weighted by Gasteiger charge is -2.08. The van der Waals surface area contributed by atoms with Crippen molar-refractivity contribution in [1.82, 2.24) is 0 Å². The van der Waals surface area contributed by atoms with Crippen LogP contribution in [0.3, 0.4) is 0 Å². The van der Waals surface area contributed by atoms with E-state index in [1.54, 1.807) is 0 Å². The minimum atomic E-state index is -0.0675. The molecule has 0 spiro atoms. The second kappa shape index (κ2) is 8.51. The van der Waals surface area contributed by atoms with Crippen LogP contribution in [-0.4, -0.2) is 12.6 Å². The van der Waals surface area contributed by atoms with E-state index in [0.717, 1.165) is 25.7 Å². The first-order chi connectivity index (χ1) is 7.15. The molecule has 0 aromatic rings. The molecule has 0 unspecified atom stereocenters. The second-order valence-corrected chi connectivity index (χ2v) is 3.75. The highest BCUT2D eigenvalue weighted by molar-refractivity contribution is 5.69. The zero-order valence-corrected chi connectivity index (χ0v) is 10.6. The van der Waals surface area contributed by atoms with Crippen molar-refractivity contribution in [3.05, 3.63) is 11.1 Å². The van der Waals surface area contributed by atoms with Crippen LogP contribution in [0.15, 0.2) is 11.1 Å². The van der Waals surface area contributed by atoms with Crippen molar-refractivity contribution in [2.24, 2.45) is 0 Å². The summed E-state index contributed by atoms with van der Waals surface area (Å²) in [7, 11) is 0. The average Bonchev–Trinajstić information content (AvgIpc) is 2.24. The Kier molecular flexibility index (Phi) is 8.06. The van der Waals surface area contributed by atoms with Gasteiger partial charge >= 0.3 is 5.97 Å². The van der Waals surface area contributed by atoms with Gasteiger partial charge in [-0.15, -0.1) is 0 Å². The number of rotatable bonds is 7. The lowest BCUT2D eigenvalue weighted by atomic mass is 9.99. The number of hydrogen-bond acceptors (Lipinski definition) is 2. The van der Waals surface area contributed by atoms with Crippen LogP contribution >= 0.6 is 0 Å². The zero-order chi connectivity index (χ0) is 11.7. The minimum absolute atomic E-state index is 0.0675. The number of allylic oxidation sites excluding steroid dienone is 2. The van der Waals surface area contributed by atoms with Gasteiger partial charge in [0.2, 0.25) is 0 Å². The quantitative estimate of drug-likeness (QED) is 0.473. The summed E-state index contributed by atoms with van der Waals surface area (Å²) in [5.74, 6) is -0.0675. The van der Waals surface area contributed by atoms with Crippen molar-refractivity contribution in [1.29, 1.82) is 0 Å². The van der Waals surface area contributed by atoms with Gasteiger partial charge in [-0.25, -0.2) is 0 Å².